The fourth-order valence-electron chi connectivity index (χ4n) is 1.95. The van der Waals surface area contributed by atoms with Crippen LogP contribution >= 0.6 is 37.2 Å². The number of hydrogen-bond acceptors (Lipinski definition) is 3. The van der Waals surface area contributed by atoms with Crippen molar-refractivity contribution in [3.05, 3.63) is 0 Å². The molecular weight excluding hydrogens is 232 g/mol. The van der Waals surface area contributed by atoms with Crippen LogP contribution < -0.4 is 5.73 Å². The second-order valence-electron chi connectivity index (χ2n) is 3.23. The van der Waals surface area contributed by atoms with Crippen LogP contribution in [0.4, 0.5) is 0 Å². The van der Waals surface area contributed by atoms with E-state index in [9.17, 15) is 0 Å². The second-order valence-corrected chi connectivity index (χ2v) is 3.23. The maximum atomic E-state index is 5.62. The molecule has 0 aromatic heterocycles. The normalized spacial score (nSPS) is 35.3. The molecular formula is C7H18Cl3N3. The van der Waals surface area contributed by atoms with Gasteiger partial charge < -0.3 is 5.73 Å². The summed E-state index contributed by atoms with van der Waals surface area (Å²) in [6.07, 6.45) is 0. The first-order valence-electron chi connectivity index (χ1n) is 4.06. The SMILES string of the molecule is Cl.Cl.Cl.NC[C@H]1CN2CCN1CC2. The molecule has 0 aromatic carbocycles. The molecule has 6 heteroatoms. The molecule has 0 spiro atoms. The highest BCUT2D eigenvalue weighted by Gasteiger charge is 2.30. The summed E-state index contributed by atoms with van der Waals surface area (Å²) in [7, 11) is 0. The Balaban J connectivity index is 0. The largest absolute Gasteiger partial charge is 0.329 e. The monoisotopic (exact) mass is 249 g/mol. The summed E-state index contributed by atoms with van der Waals surface area (Å²) in [6.45, 7) is 7.03. The van der Waals surface area contributed by atoms with Gasteiger partial charge >= 0.3 is 0 Å². The fourth-order valence-corrected chi connectivity index (χ4v) is 1.95. The third kappa shape index (κ3) is 3.42. The smallest absolute Gasteiger partial charge is 0.0346 e. The van der Waals surface area contributed by atoms with E-state index in [0.717, 1.165) is 6.54 Å². The standard InChI is InChI=1S/C7H15N3.3ClH/c8-5-7-6-9-1-3-10(7)4-2-9;;;/h7H,1-6,8H2;3*1H/t7-;;;/m0.../s1. The first-order valence-corrected chi connectivity index (χ1v) is 4.06. The summed E-state index contributed by atoms with van der Waals surface area (Å²) in [5, 5.41) is 0. The van der Waals surface area contributed by atoms with Gasteiger partial charge in [-0.3, -0.25) is 9.80 Å². The molecule has 0 unspecified atom stereocenters. The van der Waals surface area contributed by atoms with Crippen LogP contribution in [0.15, 0.2) is 0 Å². The predicted octanol–water partition coefficient (Wildman–Crippen LogP) is 0.210. The first kappa shape index (κ1) is 16.2. The summed E-state index contributed by atoms with van der Waals surface area (Å²) in [5.74, 6) is 0. The molecule has 3 heterocycles. The van der Waals surface area contributed by atoms with E-state index < -0.39 is 0 Å². The van der Waals surface area contributed by atoms with Crippen LogP contribution in [0, 0.1) is 0 Å². The molecule has 3 aliphatic heterocycles. The van der Waals surface area contributed by atoms with Crippen LogP contribution in [-0.4, -0.2) is 55.1 Å². The summed E-state index contributed by atoms with van der Waals surface area (Å²) in [4.78, 5) is 5.03. The maximum absolute atomic E-state index is 5.62. The average Bonchev–Trinajstić information content (AvgIpc) is 2.06. The van der Waals surface area contributed by atoms with Crippen molar-refractivity contribution in [3.8, 4) is 0 Å². The number of halogens is 3. The number of fused-ring (bicyclic) bond motifs is 3. The predicted molar refractivity (Wildman–Crippen MR) is 62.6 cm³/mol. The molecule has 0 aliphatic carbocycles. The van der Waals surface area contributed by atoms with Gasteiger partial charge in [-0.2, -0.15) is 0 Å². The Morgan fingerprint density at radius 3 is 1.77 bits per heavy atom. The van der Waals surface area contributed by atoms with Crippen molar-refractivity contribution in [2.24, 2.45) is 5.73 Å². The topological polar surface area (TPSA) is 32.5 Å². The highest BCUT2D eigenvalue weighted by atomic mass is 35.5. The van der Waals surface area contributed by atoms with Crippen molar-refractivity contribution in [1.82, 2.24) is 9.80 Å². The van der Waals surface area contributed by atoms with Gasteiger partial charge in [-0.1, -0.05) is 0 Å². The van der Waals surface area contributed by atoms with Gasteiger partial charge in [0.2, 0.25) is 0 Å². The number of nitrogens with two attached hydrogens (primary N) is 1. The van der Waals surface area contributed by atoms with Gasteiger partial charge in [-0.25, -0.2) is 0 Å². The molecule has 82 valence electrons. The molecule has 13 heavy (non-hydrogen) atoms. The van der Waals surface area contributed by atoms with E-state index in [1.807, 2.05) is 0 Å². The summed E-state index contributed by atoms with van der Waals surface area (Å²) < 4.78 is 0. The molecule has 1 atom stereocenters. The minimum absolute atomic E-state index is 0. The molecule has 2 N–H and O–H groups in total. The number of piperazine rings is 3. The Kier molecular flexibility index (Phi) is 8.84. The second kappa shape index (κ2) is 7.10. The molecule has 0 radical (unpaired) electrons. The lowest BCUT2D eigenvalue weighted by Gasteiger charge is -2.47. The minimum atomic E-state index is 0. The van der Waals surface area contributed by atoms with Gasteiger partial charge in [0.25, 0.3) is 0 Å². The van der Waals surface area contributed by atoms with E-state index in [1.54, 1.807) is 0 Å². The lowest BCUT2D eigenvalue weighted by molar-refractivity contribution is 0.0172. The molecule has 0 aromatic rings. The summed E-state index contributed by atoms with van der Waals surface area (Å²) >= 11 is 0. The van der Waals surface area contributed by atoms with Crippen LogP contribution in [0.1, 0.15) is 0 Å². The molecule has 3 rings (SSSR count). The molecule has 3 fully saturated rings. The molecule has 3 nitrogen and oxygen atoms in total. The summed E-state index contributed by atoms with van der Waals surface area (Å²) in [6, 6.07) is 0.655. The zero-order chi connectivity index (χ0) is 6.97. The molecule has 0 saturated carbocycles. The van der Waals surface area contributed by atoms with Crippen molar-refractivity contribution >= 4 is 37.2 Å². The zero-order valence-corrected chi connectivity index (χ0v) is 9.97. The van der Waals surface area contributed by atoms with E-state index in [0.29, 0.717) is 6.04 Å². The first-order chi connectivity index (χ1) is 4.90. The molecule has 0 amide bonds. The Morgan fingerprint density at radius 2 is 1.54 bits per heavy atom. The Morgan fingerprint density at radius 1 is 1.00 bits per heavy atom. The molecule has 3 saturated heterocycles. The van der Waals surface area contributed by atoms with Crippen LogP contribution in [0.3, 0.4) is 0 Å². The van der Waals surface area contributed by atoms with Crippen molar-refractivity contribution < 1.29 is 0 Å². The van der Waals surface area contributed by atoms with Gasteiger partial charge in [0, 0.05) is 45.3 Å². The minimum Gasteiger partial charge on any atom is -0.329 e. The van der Waals surface area contributed by atoms with Gasteiger partial charge in [0.1, 0.15) is 0 Å². The fraction of sp³-hybridized carbons (Fsp3) is 1.00. The summed E-state index contributed by atoms with van der Waals surface area (Å²) in [5.41, 5.74) is 5.62. The van der Waals surface area contributed by atoms with E-state index in [2.05, 4.69) is 9.80 Å². The lowest BCUT2D eigenvalue weighted by atomic mass is 10.1. The van der Waals surface area contributed by atoms with Crippen molar-refractivity contribution in [2.75, 3.05) is 39.3 Å². The van der Waals surface area contributed by atoms with E-state index in [4.69, 9.17) is 5.73 Å². The van der Waals surface area contributed by atoms with E-state index in [1.165, 1.54) is 32.7 Å². The third-order valence-corrected chi connectivity index (χ3v) is 2.66. The Labute approximate surface area is 98.2 Å². The lowest BCUT2D eigenvalue weighted by Crippen LogP contribution is -2.62. The van der Waals surface area contributed by atoms with Crippen LogP contribution in [0.2, 0.25) is 0 Å². The van der Waals surface area contributed by atoms with Crippen LogP contribution in [0.5, 0.6) is 0 Å². The third-order valence-electron chi connectivity index (χ3n) is 2.66. The van der Waals surface area contributed by atoms with Crippen molar-refractivity contribution in [1.29, 1.82) is 0 Å². The highest BCUT2D eigenvalue weighted by Crippen LogP contribution is 2.13. The highest BCUT2D eigenvalue weighted by molar-refractivity contribution is 5.86. The van der Waals surface area contributed by atoms with Crippen LogP contribution in [0.25, 0.3) is 0 Å². The Hall–Kier alpha value is 0.750. The quantitative estimate of drug-likeness (QED) is 0.722. The van der Waals surface area contributed by atoms with Crippen molar-refractivity contribution in [2.45, 2.75) is 6.04 Å². The number of rotatable bonds is 1. The number of nitrogens with zero attached hydrogens (tertiary/aromatic N) is 2. The average molecular weight is 251 g/mol. The Bertz CT molecular complexity index is 128. The van der Waals surface area contributed by atoms with Gasteiger partial charge in [0.15, 0.2) is 0 Å². The van der Waals surface area contributed by atoms with E-state index in [-0.39, 0.29) is 37.2 Å². The number of hydrogen-bond donors (Lipinski definition) is 1. The maximum Gasteiger partial charge on any atom is 0.0346 e. The van der Waals surface area contributed by atoms with E-state index >= 15 is 0 Å². The van der Waals surface area contributed by atoms with Gasteiger partial charge in [-0.15, -0.1) is 37.2 Å². The van der Waals surface area contributed by atoms with Gasteiger partial charge in [-0.05, 0) is 0 Å². The molecule has 3 aliphatic rings. The van der Waals surface area contributed by atoms with Crippen molar-refractivity contribution in [3.63, 3.8) is 0 Å². The zero-order valence-electron chi connectivity index (χ0n) is 7.52. The van der Waals surface area contributed by atoms with Crippen LogP contribution in [-0.2, 0) is 0 Å². The molecule has 2 bridgehead atoms. The van der Waals surface area contributed by atoms with Gasteiger partial charge in [0.05, 0.1) is 0 Å².